The molecular weight excluding hydrogens is 657 g/mol. The number of carbonyl (C=O) groups excluding carboxylic acids is 4. The summed E-state index contributed by atoms with van der Waals surface area (Å²) in [5.74, 6) is 0. The van der Waals surface area contributed by atoms with Crippen LogP contribution in [0.2, 0.25) is 0 Å². The summed E-state index contributed by atoms with van der Waals surface area (Å²) in [5, 5.41) is 66.7. The van der Waals surface area contributed by atoms with Gasteiger partial charge in [0.05, 0.1) is 0 Å². The van der Waals surface area contributed by atoms with Crippen molar-refractivity contribution in [2.75, 3.05) is 0 Å². The molecular formula is C4H4Co3Ni3O16. The molecule has 173 valence electrons. The molecule has 0 aliphatic rings. The van der Waals surface area contributed by atoms with Crippen molar-refractivity contribution in [2.45, 2.75) is 0 Å². The second-order valence-corrected chi connectivity index (χ2v) is 1.00. The van der Waals surface area contributed by atoms with Crippen molar-refractivity contribution in [1.29, 1.82) is 0 Å². The van der Waals surface area contributed by atoms with E-state index in [1.54, 1.807) is 0 Å². The molecule has 0 atom stereocenters. The van der Waals surface area contributed by atoms with Crippen molar-refractivity contribution < 1.29 is 182 Å². The maximum Gasteiger partial charge on any atom is 2.00 e. The Balaban J connectivity index is -0.00000000545. The van der Waals surface area contributed by atoms with Gasteiger partial charge in [-0.2, -0.15) is 0 Å². The van der Waals surface area contributed by atoms with Gasteiger partial charge in [-0.05, 0) is 24.6 Å². The Morgan fingerprint density at radius 3 is 0.346 bits per heavy atom. The minimum atomic E-state index is -2.33. The first kappa shape index (κ1) is 113. The van der Waals surface area contributed by atoms with Gasteiger partial charge in [-0.25, -0.2) is 0 Å². The molecule has 0 aromatic carbocycles. The van der Waals surface area contributed by atoms with Gasteiger partial charge in [0.2, 0.25) is 0 Å². The zero-order valence-corrected chi connectivity index (χ0v) is 16.7. The molecule has 0 bridgehead atoms. The maximum absolute atomic E-state index is 8.33. The third kappa shape index (κ3) is 1960000. The normalized spacial score (nSPS) is 3.69. The first-order chi connectivity index (χ1) is 6.93. The SMILES string of the molecule is O=C([O-])[O-].O=C([O-])[O-].O=C([O-])[O-].O=C([O-])[O-].[Co+2].[Co+2].[Co+2].[Ni+2].[Ni+2].[Ni+2].[OH-].[OH-].[OH-].[OH-]. The quantitative estimate of drug-likeness (QED) is 0.217. The van der Waals surface area contributed by atoms with E-state index in [2.05, 4.69) is 0 Å². The van der Waals surface area contributed by atoms with Crippen LogP contribution in [0.1, 0.15) is 0 Å². The summed E-state index contributed by atoms with van der Waals surface area (Å²) in [7, 11) is 0. The topological polar surface area (TPSA) is 373 Å². The first-order valence-corrected chi connectivity index (χ1v) is 2.45. The van der Waals surface area contributed by atoms with E-state index in [-0.39, 0.29) is 122 Å². The predicted molar refractivity (Wildman–Crippen MR) is 29.3 cm³/mol. The van der Waals surface area contributed by atoms with Gasteiger partial charge in [0.25, 0.3) is 0 Å². The zero-order valence-electron chi connectivity index (χ0n) is 10.6. The van der Waals surface area contributed by atoms with Crippen LogP contribution in [0.5, 0.6) is 0 Å². The van der Waals surface area contributed by atoms with Gasteiger partial charge in [0.15, 0.2) is 0 Å². The Bertz CT molecular complexity index is 181. The summed E-state index contributed by atoms with van der Waals surface area (Å²) in [6, 6.07) is 0. The number of rotatable bonds is 0. The fourth-order valence-corrected chi connectivity index (χ4v) is 0. The van der Waals surface area contributed by atoms with Gasteiger partial charge in [-0.1, -0.05) is 0 Å². The molecule has 0 aliphatic heterocycles. The molecule has 0 rings (SSSR count). The van der Waals surface area contributed by atoms with Crippen molar-refractivity contribution in [3.63, 3.8) is 0 Å². The Kier molecular flexibility index (Phi) is 437. The number of carbonyl (C=O) groups is 4. The molecule has 26 heavy (non-hydrogen) atoms. The average molecular weight is 661 g/mol. The summed E-state index contributed by atoms with van der Waals surface area (Å²) in [4.78, 5) is 33.3. The van der Waals surface area contributed by atoms with Crippen LogP contribution in [-0.4, -0.2) is 46.5 Å². The van der Waals surface area contributed by atoms with Crippen molar-refractivity contribution in [3.8, 4) is 0 Å². The maximum atomic E-state index is 8.33. The summed E-state index contributed by atoms with van der Waals surface area (Å²) in [5.41, 5.74) is 0. The molecule has 0 heterocycles. The third-order valence-electron chi connectivity index (χ3n) is 0. The van der Waals surface area contributed by atoms with Gasteiger partial charge in [0, 0.05) is 0 Å². The van der Waals surface area contributed by atoms with E-state index in [4.69, 9.17) is 60.0 Å². The first-order valence-electron chi connectivity index (χ1n) is 2.45. The smallest absolute Gasteiger partial charge is 0.870 e. The Hall–Kier alpha value is -0.0800. The Morgan fingerprint density at radius 1 is 0.346 bits per heavy atom. The van der Waals surface area contributed by atoms with Crippen LogP contribution in [0.15, 0.2) is 0 Å². The molecule has 16 nitrogen and oxygen atoms in total. The van der Waals surface area contributed by atoms with Gasteiger partial charge >= 0.3 is 99.8 Å². The summed E-state index contributed by atoms with van der Waals surface area (Å²) >= 11 is 0. The average Bonchev–Trinajstić information content (AvgIpc) is 1.76. The van der Waals surface area contributed by atoms with E-state index in [1.807, 2.05) is 0 Å². The molecule has 3 radical (unpaired) electrons. The van der Waals surface area contributed by atoms with E-state index < -0.39 is 24.6 Å². The van der Waals surface area contributed by atoms with Crippen molar-refractivity contribution in [1.82, 2.24) is 0 Å². The second-order valence-electron chi connectivity index (χ2n) is 1.00. The number of carboxylic acid groups (broad SMARTS) is 8. The predicted octanol–water partition coefficient (Wildman–Crippen LogP) is -10.5. The zero-order chi connectivity index (χ0) is 14.3. The molecule has 0 aromatic heterocycles. The number of hydrogen-bond acceptors (Lipinski definition) is 16. The van der Waals surface area contributed by atoms with Crippen LogP contribution in [0.25, 0.3) is 0 Å². The third-order valence-corrected chi connectivity index (χ3v) is 0. The van der Waals surface area contributed by atoms with Crippen LogP contribution < -0.4 is 40.9 Å². The standard InChI is InChI=1S/4CH2O3.3Co.3Ni.4H2O/c4*2-1(3)4;;;;;;;;;;/h4*(H2,2,3,4);;;;;;;4*1H2/q;;;;6*+2;;;;/p-12. The largest absolute Gasteiger partial charge is 2.00 e. The minimum absolute atomic E-state index is 0. The van der Waals surface area contributed by atoms with E-state index in [1.165, 1.54) is 0 Å². The van der Waals surface area contributed by atoms with E-state index >= 15 is 0 Å². The number of hydrogen-bond donors (Lipinski definition) is 0. The van der Waals surface area contributed by atoms with Gasteiger partial charge in [-0.3, -0.25) is 0 Å². The van der Waals surface area contributed by atoms with E-state index in [0.29, 0.717) is 0 Å². The monoisotopic (exact) mass is 659 g/mol. The Labute approximate surface area is 205 Å². The molecule has 0 amide bonds. The minimum Gasteiger partial charge on any atom is -0.870 e. The molecule has 0 aliphatic carbocycles. The van der Waals surface area contributed by atoms with E-state index in [9.17, 15) is 0 Å². The van der Waals surface area contributed by atoms with Gasteiger partial charge in [0.1, 0.15) is 0 Å². The molecule has 0 spiro atoms. The van der Waals surface area contributed by atoms with Crippen molar-refractivity contribution in [2.24, 2.45) is 0 Å². The molecule has 22 heteroatoms. The van der Waals surface area contributed by atoms with Crippen LogP contribution in [0, 0.1) is 0 Å². The molecule has 4 N–H and O–H groups in total. The van der Waals surface area contributed by atoms with Crippen LogP contribution in [0.3, 0.4) is 0 Å². The van der Waals surface area contributed by atoms with E-state index in [0.717, 1.165) is 0 Å². The second kappa shape index (κ2) is 100. The molecule has 0 unspecified atom stereocenters. The van der Waals surface area contributed by atoms with Crippen molar-refractivity contribution >= 4 is 24.6 Å². The molecule has 0 saturated heterocycles. The van der Waals surface area contributed by atoms with Crippen molar-refractivity contribution in [3.05, 3.63) is 0 Å². The fourth-order valence-electron chi connectivity index (χ4n) is 0. The van der Waals surface area contributed by atoms with Crippen LogP contribution in [0.4, 0.5) is 19.2 Å². The molecule has 0 saturated carbocycles. The molecule has 0 fully saturated rings. The molecule has 0 aromatic rings. The Morgan fingerprint density at radius 2 is 0.346 bits per heavy atom. The summed E-state index contributed by atoms with van der Waals surface area (Å²) in [6.07, 6.45) is -9.33. The fraction of sp³-hybridized carbons (Fsp3) is 0. The van der Waals surface area contributed by atoms with Crippen LogP contribution in [-0.2, 0) is 99.8 Å². The van der Waals surface area contributed by atoms with Gasteiger partial charge in [-0.15, -0.1) is 0 Å². The van der Waals surface area contributed by atoms with Crippen LogP contribution >= 0.6 is 0 Å². The summed E-state index contributed by atoms with van der Waals surface area (Å²) < 4.78 is 0. The summed E-state index contributed by atoms with van der Waals surface area (Å²) in [6.45, 7) is 0. The van der Waals surface area contributed by atoms with Gasteiger partial charge < -0.3 is 81.9 Å².